The normalized spacial score (nSPS) is 13.3. The van der Waals surface area contributed by atoms with Gasteiger partial charge in [-0.15, -0.1) is 0 Å². The van der Waals surface area contributed by atoms with Crippen molar-refractivity contribution in [3.05, 3.63) is 40.8 Å². The van der Waals surface area contributed by atoms with Crippen molar-refractivity contribution in [1.82, 2.24) is 9.97 Å². The molecule has 0 amide bonds. The van der Waals surface area contributed by atoms with E-state index in [1.54, 1.807) is 6.92 Å². The van der Waals surface area contributed by atoms with E-state index in [0.717, 1.165) is 18.7 Å². The Bertz CT molecular complexity index is 717. The zero-order valence-corrected chi connectivity index (χ0v) is 12.4. The third-order valence-corrected chi connectivity index (χ3v) is 3.88. The summed E-state index contributed by atoms with van der Waals surface area (Å²) in [5, 5.41) is 0.665. The van der Waals surface area contributed by atoms with E-state index in [1.807, 2.05) is 23.1 Å². The van der Waals surface area contributed by atoms with Crippen LogP contribution in [0.4, 0.5) is 17.2 Å². The lowest BCUT2D eigenvalue weighted by atomic mass is 10.1. The summed E-state index contributed by atoms with van der Waals surface area (Å²) in [5.41, 5.74) is 8.92. The molecule has 0 radical (unpaired) electrons. The fraction of sp³-hybridized carbons (Fsp3) is 0.267. The Morgan fingerprint density at radius 2 is 2.24 bits per heavy atom. The lowest BCUT2D eigenvalue weighted by Gasteiger charge is -2.20. The number of anilines is 3. The van der Waals surface area contributed by atoms with E-state index in [4.69, 9.17) is 17.3 Å². The summed E-state index contributed by atoms with van der Waals surface area (Å²) in [4.78, 5) is 22.2. The Morgan fingerprint density at radius 3 is 3.00 bits per heavy atom. The van der Waals surface area contributed by atoms with Crippen molar-refractivity contribution in [2.75, 3.05) is 17.2 Å². The molecule has 0 fully saturated rings. The average molecular weight is 303 g/mol. The molecule has 0 atom stereocenters. The number of halogens is 1. The van der Waals surface area contributed by atoms with Crippen LogP contribution in [0, 0.1) is 0 Å². The minimum absolute atomic E-state index is 0.0818. The fourth-order valence-corrected chi connectivity index (χ4v) is 2.73. The summed E-state index contributed by atoms with van der Waals surface area (Å²) < 4.78 is 0. The van der Waals surface area contributed by atoms with E-state index in [0.29, 0.717) is 22.9 Å². The number of nitrogen functional groups attached to an aromatic ring is 1. The summed E-state index contributed by atoms with van der Waals surface area (Å²) in [5.74, 6) is 0.490. The molecule has 0 aliphatic carbocycles. The zero-order valence-electron chi connectivity index (χ0n) is 11.6. The molecule has 2 heterocycles. The highest BCUT2D eigenvalue weighted by atomic mass is 35.5. The van der Waals surface area contributed by atoms with E-state index in [2.05, 4.69) is 9.97 Å². The second-order valence-corrected chi connectivity index (χ2v) is 5.35. The third-order valence-electron chi connectivity index (χ3n) is 3.65. The van der Waals surface area contributed by atoms with Gasteiger partial charge in [0.15, 0.2) is 11.6 Å². The van der Waals surface area contributed by atoms with Gasteiger partial charge in [0.05, 0.1) is 0 Å². The number of nitrogens with zero attached hydrogens (tertiary/aromatic N) is 3. The van der Waals surface area contributed by atoms with Gasteiger partial charge in [0.2, 0.25) is 0 Å². The molecule has 6 heteroatoms. The first-order valence-electron chi connectivity index (χ1n) is 6.81. The van der Waals surface area contributed by atoms with Crippen LogP contribution in [0.2, 0.25) is 5.02 Å². The number of fused-ring (bicyclic) bond motifs is 1. The number of ketones is 1. The predicted octanol–water partition coefficient (Wildman–Crippen LogP) is 3.00. The number of rotatable bonds is 3. The standard InChI is InChI=1S/C15H15ClN4O/c1-2-12(21)14-13(17)15(19-8-18-14)20-6-5-9-3-4-10(16)7-11(9)20/h3-4,7-8H,2,5-6,17H2,1H3. The molecule has 3 rings (SSSR count). The number of benzene rings is 1. The Labute approximate surface area is 127 Å². The SMILES string of the molecule is CCC(=O)c1ncnc(N2CCc3ccc(Cl)cc32)c1N. The number of carbonyl (C=O) groups excluding carboxylic acids is 1. The van der Waals surface area contributed by atoms with Crippen molar-refractivity contribution in [3.8, 4) is 0 Å². The monoisotopic (exact) mass is 302 g/mol. The number of aromatic nitrogens is 2. The van der Waals surface area contributed by atoms with Gasteiger partial charge in [-0.3, -0.25) is 4.79 Å². The van der Waals surface area contributed by atoms with E-state index in [9.17, 15) is 4.79 Å². The van der Waals surface area contributed by atoms with E-state index < -0.39 is 0 Å². The first-order valence-corrected chi connectivity index (χ1v) is 7.19. The van der Waals surface area contributed by atoms with Crippen LogP contribution in [0.25, 0.3) is 0 Å². The molecule has 21 heavy (non-hydrogen) atoms. The lowest BCUT2D eigenvalue weighted by molar-refractivity contribution is 0.0984. The molecule has 2 aromatic rings. The zero-order chi connectivity index (χ0) is 15.0. The van der Waals surface area contributed by atoms with Crippen LogP contribution >= 0.6 is 11.6 Å². The van der Waals surface area contributed by atoms with Crippen molar-refractivity contribution in [1.29, 1.82) is 0 Å². The second kappa shape index (κ2) is 5.33. The summed E-state index contributed by atoms with van der Waals surface area (Å²) in [7, 11) is 0. The fourth-order valence-electron chi connectivity index (χ4n) is 2.56. The number of hydrogen-bond donors (Lipinski definition) is 1. The largest absolute Gasteiger partial charge is 0.394 e. The number of Topliss-reactive ketones (excluding diaryl/α,β-unsaturated/α-hetero) is 1. The summed E-state index contributed by atoms with van der Waals surface area (Å²) in [6, 6.07) is 5.78. The highest BCUT2D eigenvalue weighted by Gasteiger charge is 2.25. The van der Waals surface area contributed by atoms with Gasteiger partial charge in [-0.2, -0.15) is 0 Å². The van der Waals surface area contributed by atoms with Gasteiger partial charge >= 0.3 is 0 Å². The summed E-state index contributed by atoms with van der Waals surface area (Å²) >= 11 is 6.08. The van der Waals surface area contributed by atoms with Gasteiger partial charge in [-0.05, 0) is 24.1 Å². The minimum atomic E-state index is -0.0818. The van der Waals surface area contributed by atoms with Gasteiger partial charge in [0.1, 0.15) is 17.7 Å². The van der Waals surface area contributed by atoms with Gasteiger partial charge in [-0.25, -0.2) is 9.97 Å². The highest BCUT2D eigenvalue weighted by molar-refractivity contribution is 6.31. The number of nitrogens with two attached hydrogens (primary N) is 1. The molecule has 0 saturated carbocycles. The van der Waals surface area contributed by atoms with Gasteiger partial charge in [-0.1, -0.05) is 24.6 Å². The molecule has 1 aliphatic rings. The maximum Gasteiger partial charge on any atom is 0.183 e. The Kier molecular flexibility index (Phi) is 3.51. The molecular weight excluding hydrogens is 288 g/mol. The maximum atomic E-state index is 11.9. The maximum absolute atomic E-state index is 11.9. The van der Waals surface area contributed by atoms with E-state index >= 15 is 0 Å². The molecule has 0 bridgehead atoms. The van der Waals surface area contributed by atoms with Gasteiger partial charge < -0.3 is 10.6 Å². The highest BCUT2D eigenvalue weighted by Crippen LogP contribution is 2.38. The smallest absolute Gasteiger partial charge is 0.183 e. The molecule has 108 valence electrons. The van der Waals surface area contributed by atoms with Crippen molar-refractivity contribution in [2.24, 2.45) is 0 Å². The van der Waals surface area contributed by atoms with E-state index in [-0.39, 0.29) is 11.5 Å². The molecule has 2 N–H and O–H groups in total. The molecule has 0 saturated heterocycles. The minimum Gasteiger partial charge on any atom is -0.394 e. The number of carbonyl (C=O) groups is 1. The Morgan fingerprint density at radius 1 is 1.43 bits per heavy atom. The molecule has 0 unspecified atom stereocenters. The van der Waals surface area contributed by atoms with Crippen molar-refractivity contribution < 1.29 is 4.79 Å². The Balaban J connectivity index is 2.08. The molecule has 1 aliphatic heterocycles. The second-order valence-electron chi connectivity index (χ2n) is 4.91. The lowest BCUT2D eigenvalue weighted by Crippen LogP contribution is -2.19. The van der Waals surface area contributed by atoms with Crippen LogP contribution in [0.15, 0.2) is 24.5 Å². The molecule has 1 aromatic heterocycles. The molecular formula is C15H15ClN4O. The first-order chi connectivity index (χ1) is 10.1. The molecule has 0 spiro atoms. The van der Waals surface area contributed by atoms with Gasteiger partial charge in [0, 0.05) is 23.7 Å². The quantitative estimate of drug-likeness (QED) is 0.882. The Hall–Kier alpha value is -2.14. The van der Waals surface area contributed by atoms with Crippen LogP contribution in [0.1, 0.15) is 29.4 Å². The predicted molar refractivity (Wildman–Crippen MR) is 83.2 cm³/mol. The van der Waals surface area contributed by atoms with Crippen molar-refractivity contribution in [2.45, 2.75) is 19.8 Å². The van der Waals surface area contributed by atoms with Crippen LogP contribution in [0.3, 0.4) is 0 Å². The summed E-state index contributed by atoms with van der Waals surface area (Å²) in [6.45, 7) is 2.55. The van der Waals surface area contributed by atoms with Crippen molar-refractivity contribution in [3.63, 3.8) is 0 Å². The third kappa shape index (κ3) is 2.34. The van der Waals surface area contributed by atoms with E-state index in [1.165, 1.54) is 11.9 Å². The molecule has 5 nitrogen and oxygen atoms in total. The van der Waals surface area contributed by atoms with Crippen LogP contribution in [-0.4, -0.2) is 22.3 Å². The molecule has 1 aromatic carbocycles. The number of hydrogen-bond acceptors (Lipinski definition) is 5. The summed E-state index contributed by atoms with van der Waals surface area (Å²) in [6.07, 6.45) is 2.65. The topological polar surface area (TPSA) is 72.1 Å². The van der Waals surface area contributed by atoms with Crippen molar-refractivity contribution >= 4 is 34.6 Å². The van der Waals surface area contributed by atoms with Crippen LogP contribution in [0.5, 0.6) is 0 Å². The van der Waals surface area contributed by atoms with Crippen LogP contribution < -0.4 is 10.6 Å². The van der Waals surface area contributed by atoms with Gasteiger partial charge in [0.25, 0.3) is 0 Å². The van der Waals surface area contributed by atoms with Crippen LogP contribution in [-0.2, 0) is 6.42 Å². The average Bonchev–Trinajstić information content (AvgIpc) is 2.89. The first kappa shape index (κ1) is 13.8.